The molecule has 0 aliphatic rings. The second-order valence-corrected chi connectivity index (χ2v) is 5.41. The van der Waals surface area contributed by atoms with E-state index in [0.717, 1.165) is 0 Å². The van der Waals surface area contributed by atoms with Crippen molar-refractivity contribution in [1.29, 1.82) is 0 Å². The molecule has 0 saturated carbocycles. The molecule has 2 N–H and O–H groups in total. The van der Waals surface area contributed by atoms with Gasteiger partial charge in [0.15, 0.2) is 0 Å². The molecule has 0 amide bonds. The molecule has 1 aromatic rings. The number of nitrogens with one attached hydrogen (secondary N) is 1. The Morgan fingerprint density at radius 1 is 1.47 bits per heavy atom. The van der Waals surface area contributed by atoms with Gasteiger partial charge in [-0.25, -0.2) is 13.1 Å². The van der Waals surface area contributed by atoms with Gasteiger partial charge in [-0.05, 0) is 12.5 Å². The Morgan fingerprint density at radius 3 is 2.82 bits per heavy atom. The monoisotopic (exact) mass is 261 g/mol. The van der Waals surface area contributed by atoms with Crippen LogP contribution >= 0.6 is 0 Å². The van der Waals surface area contributed by atoms with Crippen LogP contribution in [0.2, 0.25) is 0 Å². The zero-order valence-corrected chi connectivity index (χ0v) is 10.1. The molecule has 1 rings (SSSR count). The minimum atomic E-state index is -3.38. The van der Waals surface area contributed by atoms with Crippen LogP contribution in [0.4, 0.5) is 0 Å². The molecule has 7 nitrogen and oxygen atoms in total. The Kier molecular flexibility index (Phi) is 5.11. The van der Waals surface area contributed by atoms with E-state index in [-0.39, 0.29) is 25.1 Å². The molecule has 1 heterocycles. The normalized spacial score (nSPS) is 11.5. The molecule has 1 aromatic heterocycles. The van der Waals surface area contributed by atoms with Crippen molar-refractivity contribution in [3.63, 3.8) is 0 Å². The predicted molar refractivity (Wildman–Crippen MR) is 60.9 cm³/mol. The number of nitrogens with zero attached hydrogens (tertiary/aromatic N) is 2. The number of carbonyl (C=O) groups is 1. The van der Waals surface area contributed by atoms with E-state index < -0.39 is 16.0 Å². The third-order valence-electron chi connectivity index (χ3n) is 2.03. The number of hydrogen-bond acceptors (Lipinski definition) is 4. The molecule has 0 spiro atoms. The molecule has 0 aliphatic heterocycles. The number of sulfonamides is 1. The van der Waals surface area contributed by atoms with Gasteiger partial charge in [0.05, 0.1) is 12.3 Å². The Bertz CT molecular complexity index is 441. The highest BCUT2D eigenvalue weighted by molar-refractivity contribution is 7.89. The number of carboxylic acids is 1. The van der Waals surface area contributed by atoms with Gasteiger partial charge in [0, 0.05) is 25.4 Å². The molecule has 8 heteroatoms. The molecular formula is C9H15N3O4S. The summed E-state index contributed by atoms with van der Waals surface area (Å²) < 4.78 is 26.8. The van der Waals surface area contributed by atoms with Crippen molar-refractivity contribution in [2.75, 3.05) is 12.3 Å². The van der Waals surface area contributed by atoms with Crippen LogP contribution in [0.5, 0.6) is 0 Å². The SMILES string of the molecule is O=C(O)CCCS(=O)(=O)NCCn1cccn1. The predicted octanol–water partition coefficient (Wildman–Crippen LogP) is -0.333. The topological polar surface area (TPSA) is 101 Å². The van der Waals surface area contributed by atoms with Crippen LogP contribution in [0.15, 0.2) is 18.5 Å². The lowest BCUT2D eigenvalue weighted by molar-refractivity contribution is -0.137. The average molecular weight is 261 g/mol. The molecule has 0 atom stereocenters. The van der Waals surface area contributed by atoms with E-state index in [0.29, 0.717) is 6.54 Å². The summed E-state index contributed by atoms with van der Waals surface area (Å²) in [6, 6.07) is 1.75. The summed E-state index contributed by atoms with van der Waals surface area (Å²) in [6.07, 6.45) is 3.33. The highest BCUT2D eigenvalue weighted by Gasteiger charge is 2.10. The number of aliphatic carboxylic acids is 1. The van der Waals surface area contributed by atoms with Crippen molar-refractivity contribution >= 4 is 16.0 Å². The van der Waals surface area contributed by atoms with Crippen molar-refractivity contribution in [2.45, 2.75) is 19.4 Å². The summed E-state index contributed by atoms with van der Waals surface area (Å²) in [7, 11) is -3.38. The van der Waals surface area contributed by atoms with E-state index in [4.69, 9.17) is 5.11 Å². The van der Waals surface area contributed by atoms with Gasteiger partial charge in [0.25, 0.3) is 0 Å². The molecule has 96 valence electrons. The number of rotatable bonds is 8. The molecule has 0 saturated heterocycles. The molecular weight excluding hydrogens is 246 g/mol. The van der Waals surface area contributed by atoms with Gasteiger partial charge in [-0.15, -0.1) is 0 Å². The number of hydrogen-bond donors (Lipinski definition) is 2. The van der Waals surface area contributed by atoms with E-state index in [1.807, 2.05) is 0 Å². The third-order valence-corrected chi connectivity index (χ3v) is 3.50. The van der Waals surface area contributed by atoms with Crippen LogP contribution in [0.3, 0.4) is 0 Å². The van der Waals surface area contributed by atoms with Gasteiger partial charge < -0.3 is 5.11 Å². The second kappa shape index (κ2) is 6.36. The fourth-order valence-electron chi connectivity index (χ4n) is 1.23. The van der Waals surface area contributed by atoms with Crippen LogP contribution in [0.25, 0.3) is 0 Å². The van der Waals surface area contributed by atoms with Gasteiger partial charge in [0.2, 0.25) is 10.0 Å². The van der Waals surface area contributed by atoms with Crippen molar-refractivity contribution in [3.05, 3.63) is 18.5 Å². The molecule has 0 aliphatic carbocycles. The first-order chi connectivity index (χ1) is 7.99. The molecule has 0 aromatic carbocycles. The smallest absolute Gasteiger partial charge is 0.303 e. The first-order valence-corrected chi connectivity index (χ1v) is 6.81. The van der Waals surface area contributed by atoms with Crippen LogP contribution in [0, 0.1) is 0 Å². The summed E-state index contributed by atoms with van der Waals surface area (Å²) >= 11 is 0. The lowest BCUT2D eigenvalue weighted by Crippen LogP contribution is -2.29. The van der Waals surface area contributed by atoms with Gasteiger partial charge in [0.1, 0.15) is 0 Å². The van der Waals surface area contributed by atoms with Crippen LogP contribution < -0.4 is 4.72 Å². The van der Waals surface area contributed by atoms with Gasteiger partial charge in [-0.2, -0.15) is 5.10 Å². The van der Waals surface area contributed by atoms with Gasteiger partial charge >= 0.3 is 5.97 Å². The standard InChI is InChI=1S/C9H15N3O4S/c13-9(14)3-1-8-17(15,16)11-5-7-12-6-2-4-10-12/h2,4,6,11H,1,3,5,7-8H2,(H,13,14). The molecule has 0 radical (unpaired) electrons. The van der Waals surface area contributed by atoms with E-state index in [1.165, 1.54) is 0 Å². The van der Waals surface area contributed by atoms with E-state index >= 15 is 0 Å². The maximum absolute atomic E-state index is 11.4. The zero-order valence-electron chi connectivity index (χ0n) is 9.24. The number of carboxylic acid groups (broad SMARTS) is 1. The fraction of sp³-hybridized carbons (Fsp3) is 0.556. The van der Waals surface area contributed by atoms with E-state index in [9.17, 15) is 13.2 Å². The third kappa shape index (κ3) is 6.03. The Hall–Kier alpha value is -1.41. The molecule has 0 bridgehead atoms. The summed E-state index contributed by atoms with van der Waals surface area (Å²) in [5.74, 6) is -1.16. The Morgan fingerprint density at radius 2 is 2.24 bits per heavy atom. The maximum Gasteiger partial charge on any atom is 0.303 e. The van der Waals surface area contributed by atoms with E-state index in [1.54, 1.807) is 23.1 Å². The van der Waals surface area contributed by atoms with Crippen LogP contribution in [-0.2, 0) is 21.4 Å². The van der Waals surface area contributed by atoms with Crippen molar-refractivity contribution in [1.82, 2.24) is 14.5 Å². The van der Waals surface area contributed by atoms with E-state index in [2.05, 4.69) is 9.82 Å². The lowest BCUT2D eigenvalue weighted by Gasteiger charge is -2.05. The zero-order chi connectivity index (χ0) is 12.7. The first-order valence-electron chi connectivity index (χ1n) is 5.16. The Labute approximate surface area is 99.5 Å². The molecule has 0 unspecified atom stereocenters. The highest BCUT2D eigenvalue weighted by atomic mass is 32.2. The minimum Gasteiger partial charge on any atom is -0.481 e. The summed E-state index contributed by atoms with van der Waals surface area (Å²) in [4.78, 5) is 10.2. The largest absolute Gasteiger partial charge is 0.481 e. The second-order valence-electron chi connectivity index (χ2n) is 3.48. The van der Waals surface area contributed by atoms with Crippen molar-refractivity contribution in [3.8, 4) is 0 Å². The van der Waals surface area contributed by atoms with Gasteiger partial charge in [-0.3, -0.25) is 9.48 Å². The van der Waals surface area contributed by atoms with Crippen LogP contribution in [0.1, 0.15) is 12.8 Å². The summed E-state index contributed by atoms with van der Waals surface area (Å²) in [6.45, 7) is 0.697. The fourth-order valence-corrected chi connectivity index (χ4v) is 2.31. The highest BCUT2D eigenvalue weighted by Crippen LogP contribution is 1.94. The molecule has 17 heavy (non-hydrogen) atoms. The molecule has 0 fully saturated rings. The minimum absolute atomic E-state index is 0.117. The average Bonchev–Trinajstić information content (AvgIpc) is 2.69. The first kappa shape index (κ1) is 13.7. The number of aromatic nitrogens is 2. The maximum atomic E-state index is 11.4. The van der Waals surface area contributed by atoms with Crippen molar-refractivity contribution < 1.29 is 18.3 Å². The summed E-state index contributed by atoms with van der Waals surface area (Å²) in [5, 5.41) is 12.3. The summed E-state index contributed by atoms with van der Waals surface area (Å²) in [5.41, 5.74) is 0. The van der Waals surface area contributed by atoms with Crippen molar-refractivity contribution in [2.24, 2.45) is 0 Å². The Balaban J connectivity index is 2.22. The lowest BCUT2D eigenvalue weighted by atomic mass is 10.3. The van der Waals surface area contributed by atoms with Gasteiger partial charge in [-0.1, -0.05) is 0 Å². The quantitative estimate of drug-likeness (QED) is 0.667. The van der Waals surface area contributed by atoms with Crippen LogP contribution in [-0.4, -0.2) is 41.6 Å².